The van der Waals surface area contributed by atoms with Crippen molar-refractivity contribution in [2.45, 2.75) is 24.4 Å². The summed E-state index contributed by atoms with van der Waals surface area (Å²) >= 11 is 0.692. The van der Waals surface area contributed by atoms with Gasteiger partial charge in [0.15, 0.2) is 0 Å². The van der Waals surface area contributed by atoms with Crippen LogP contribution in [0.25, 0.3) is 0 Å². The van der Waals surface area contributed by atoms with Gasteiger partial charge in [0.05, 0.1) is 17.4 Å². The Hall–Kier alpha value is -0.920. The first-order chi connectivity index (χ1) is 9.85. The Kier molecular flexibility index (Phi) is 7.02. The number of benzene rings is 1. The van der Waals surface area contributed by atoms with Crippen LogP contribution in [-0.2, 0) is 4.79 Å². The third-order valence-corrected chi connectivity index (χ3v) is 4.35. The summed E-state index contributed by atoms with van der Waals surface area (Å²) in [6, 6.07) is 5.07. The average Bonchev–Trinajstić information content (AvgIpc) is 2.90. The lowest BCUT2D eigenvalue weighted by molar-refractivity contribution is -0.119. The fourth-order valence-corrected chi connectivity index (χ4v) is 2.89. The molecule has 124 valence electrons. The van der Waals surface area contributed by atoms with E-state index in [0.717, 1.165) is 18.5 Å². The number of anilines is 1. The molecule has 22 heavy (non-hydrogen) atoms. The van der Waals surface area contributed by atoms with Gasteiger partial charge in [-0.2, -0.15) is 13.2 Å². The van der Waals surface area contributed by atoms with Crippen molar-refractivity contribution in [3.8, 4) is 0 Å². The summed E-state index contributed by atoms with van der Waals surface area (Å²) in [5.74, 6) is -1.23. The molecule has 1 aliphatic rings. The summed E-state index contributed by atoms with van der Waals surface area (Å²) in [6.07, 6.45) is -3.48. The van der Waals surface area contributed by atoms with E-state index in [1.54, 1.807) is 18.2 Å². The third-order valence-electron chi connectivity index (χ3n) is 3.22. The van der Waals surface area contributed by atoms with Gasteiger partial charge in [-0.05, 0) is 37.6 Å². The number of halogens is 4. The highest BCUT2D eigenvalue weighted by Gasteiger charge is 2.28. The smallest absolute Gasteiger partial charge is 0.325 e. The largest absolute Gasteiger partial charge is 0.398 e. The van der Waals surface area contributed by atoms with Crippen LogP contribution in [0.4, 0.5) is 18.9 Å². The molecule has 1 unspecified atom stereocenters. The van der Waals surface area contributed by atoms with Crippen LogP contribution in [0, 0.1) is 12.8 Å². The number of carbonyl (C=O) groups excluding carboxylic acids is 1. The SMILES string of the molecule is Cc1ccc(SCC(F)(F)F)c(NC(=O)C2CCNC2)c1.Cl. The van der Waals surface area contributed by atoms with E-state index in [0.29, 0.717) is 28.9 Å². The summed E-state index contributed by atoms with van der Waals surface area (Å²) in [4.78, 5) is 12.5. The number of hydrogen-bond acceptors (Lipinski definition) is 3. The highest BCUT2D eigenvalue weighted by molar-refractivity contribution is 7.99. The highest BCUT2D eigenvalue weighted by Crippen LogP contribution is 2.33. The number of carbonyl (C=O) groups is 1. The van der Waals surface area contributed by atoms with Crippen molar-refractivity contribution in [2.75, 3.05) is 24.2 Å². The third kappa shape index (κ3) is 5.70. The van der Waals surface area contributed by atoms with Gasteiger partial charge in [-0.1, -0.05) is 6.07 Å². The lowest BCUT2D eigenvalue weighted by Crippen LogP contribution is -2.25. The Morgan fingerprint density at radius 3 is 2.77 bits per heavy atom. The van der Waals surface area contributed by atoms with Gasteiger partial charge < -0.3 is 10.6 Å². The maximum absolute atomic E-state index is 12.3. The van der Waals surface area contributed by atoms with Crippen molar-refractivity contribution in [3.05, 3.63) is 23.8 Å². The molecule has 1 aromatic carbocycles. The molecular weight excluding hydrogens is 337 g/mol. The number of rotatable bonds is 4. The standard InChI is InChI=1S/C14H17F3N2OS.ClH/c1-9-2-3-12(21-8-14(15,16)17)11(6-9)19-13(20)10-4-5-18-7-10;/h2-3,6,10,18H,4-5,7-8H2,1H3,(H,19,20);1H. The molecule has 1 saturated heterocycles. The summed E-state index contributed by atoms with van der Waals surface area (Å²) in [5.41, 5.74) is 1.35. The number of hydrogen-bond donors (Lipinski definition) is 2. The summed E-state index contributed by atoms with van der Waals surface area (Å²) in [7, 11) is 0. The molecule has 0 spiro atoms. The monoisotopic (exact) mass is 354 g/mol. The first-order valence-corrected chi connectivity index (χ1v) is 7.65. The number of thioether (sulfide) groups is 1. The molecule has 1 amide bonds. The molecule has 1 atom stereocenters. The Balaban J connectivity index is 0.00000242. The van der Waals surface area contributed by atoms with E-state index in [1.165, 1.54) is 0 Å². The second-order valence-corrected chi connectivity index (χ2v) is 6.10. The molecule has 1 fully saturated rings. The summed E-state index contributed by atoms with van der Waals surface area (Å²) in [5, 5.41) is 5.86. The van der Waals surface area contributed by atoms with Crippen molar-refractivity contribution >= 4 is 35.8 Å². The van der Waals surface area contributed by atoms with Gasteiger partial charge in [0.1, 0.15) is 0 Å². The predicted molar refractivity (Wildman–Crippen MR) is 84.8 cm³/mol. The fourth-order valence-electron chi connectivity index (χ4n) is 2.14. The molecule has 0 radical (unpaired) electrons. The second-order valence-electron chi connectivity index (χ2n) is 5.08. The van der Waals surface area contributed by atoms with E-state index in [2.05, 4.69) is 10.6 Å². The zero-order chi connectivity index (χ0) is 15.5. The zero-order valence-corrected chi connectivity index (χ0v) is 13.6. The van der Waals surface area contributed by atoms with Crippen LogP contribution in [0.1, 0.15) is 12.0 Å². The molecule has 8 heteroatoms. The molecule has 2 rings (SSSR count). The highest BCUT2D eigenvalue weighted by atomic mass is 35.5. The first-order valence-electron chi connectivity index (χ1n) is 6.67. The van der Waals surface area contributed by atoms with Crippen LogP contribution in [0.2, 0.25) is 0 Å². The Morgan fingerprint density at radius 1 is 1.45 bits per heavy atom. The average molecular weight is 355 g/mol. The minimum atomic E-state index is -4.23. The lowest BCUT2D eigenvalue weighted by atomic mass is 10.1. The second kappa shape index (κ2) is 8.08. The number of nitrogens with one attached hydrogen (secondary N) is 2. The number of alkyl halides is 3. The van der Waals surface area contributed by atoms with Crippen LogP contribution in [0.15, 0.2) is 23.1 Å². The first kappa shape index (κ1) is 19.1. The Labute approximate surface area is 137 Å². The molecule has 0 aromatic heterocycles. The maximum Gasteiger partial charge on any atom is 0.398 e. The number of amides is 1. The lowest BCUT2D eigenvalue weighted by Gasteiger charge is -2.15. The molecule has 1 aliphatic heterocycles. The van der Waals surface area contributed by atoms with Crippen molar-refractivity contribution in [1.82, 2.24) is 5.32 Å². The van der Waals surface area contributed by atoms with E-state index < -0.39 is 11.9 Å². The Morgan fingerprint density at radius 2 is 2.18 bits per heavy atom. The van der Waals surface area contributed by atoms with Crippen molar-refractivity contribution < 1.29 is 18.0 Å². The molecule has 2 N–H and O–H groups in total. The van der Waals surface area contributed by atoms with Gasteiger partial charge in [-0.25, -0.2) is 0 Å². The topological polar surface area (TPSA) is 41.1 Å². The summed E-state index contributed by atoms with van der Waals surface area (Å²) < 4.78 is 37.0. The minimum absolute atomic E-state index is 0. The van der Waals surface area contributed by atoms with Gasteiger partial charge in [0.2, 0.25) is 5.91 Å². The van der Waals surface area contributed by atoms with E-state index in [1.807, 2.05) is 6.92 Å². The van der Waals surface area contributed by atoms with Crippen LogP contribution in [-0.4, -0.2) is 30.9 Å². The van der Waals surface area contributed by atoms with Crippen molar-refractivity contribution in [3.63, 3.8) is 0 Å². The van der Waals surface area contributed by atoms with Crippen LogP contribution in [0.3, 0.4) is 0 Å². The fraction of sp³-hybridized carbons (Fsp3) is 0.500. The van der Waals surface area contributed by atoms with Crippen molar-refractivity contribution in [1.29, 1.82) is 0 Å². The molecular formula is C14H18ClF3N2OS. The number of aryl methyl sites for hydroxylation is 1. The van der Waals surface area contributed by atoms with Gasteiger partial charge >= 0.3 is 6.18 Å². The molecule has 1 aromatic rings. The molecule has 1 heterocycles. The van der Waals surface area contributed by atoms with E-state index in [9.17, 15) is 18.0 Å². The van der Waals surface area contributed by atoms with Gasteiger partial charge in [-0.3, -0.25) is 4.79 Å². The normalized spacial score (nSPS) is 17.9. The molecule has 0 aliphatic carbocycles. The van der Waals surface area contributed by atoms with Gasteiger partial charge in [0, 0.05) is 11.4 Å². The van der Waals surface area contributed by atoms with E-state index >= 15 is 0 Å². The maximum atomic E-state index is 12.3. The van der Waals surface area contributed by atoms with Gasteiger partial charge in [0.25, 0.3) is 0 Å². The van der Waals surface area contributed by atoms with Crippen LogP contribution in [0.5, 0.6) is 0 Å². The minimum Gasteiger partial charge on any atom is -0.325 e. The van der Waals surface area contributed by atoms with Crippen LogP contribution < -0.4 is 10.6 Å². The zero-order valence-electron chi connectivity index (χ0n) is 12.0. The van der Waals surface area contributed by atoms with Crippen LogP contribution >= 0.6 is 24.2 Å². The molecule has 0 saturated carbocycles. The van der Waals surface area contributed by atoms with E-state index in [4.69, 9.17) is 0 Å². The quantitative estimate of drug-likeness (QED) is 0.811. The molecule has 3 nitrogen and oxygen atoms in total. The predicted octanol–water partition coefficient (Wildman–Crippen LogP) is 3.62. The Bertz CT molecular complexity index is 519. The van der Waals surface area contributed by atoms with E-state index in [-0.39, 0.29) is 24.2 Å². The van der Waals surface area contributed by atoms with Crippen molar-refractivity contribution in [2.24, 2.45) is 5.92 Å². The molecule has 0 bridgehead atoms. The van der Waals surface area contributed by atoms with Gasteiger partial charge in [-0.15, -0.1) is 24.2 Å². The summed E-state index contributed by atoms with van der Waals surface area (Å²) in [6.45, 7) is 3.25.